The van der Waals surface area contributed by atoms with E-state index in [1.165, 1.54) is 6.07 Å². The van der Waals surface area contributed by atoms with Crippen LogP contribution < -0.4 is 5.32 Å². The Morgan fingerprint density at radius 2 is 2.00 bits per heavy atom. The highest BCUT2D eigenvalue weighted by molar-refractivity contribution is 6.34. The molecule has 8 heteroatoms. The molecule has 0 aromatic carbocycles. The van der Waals surface area contributed by atoms with E-state index in [0.29, 0.717) is 0 Å². The molecular formula is C11H13Cl2N3O3. The van der Waals surface area contributed by atoms with Gasteiger partial charge in [0.1, 0.15) is 0 Å². The Balaban J connectivity index is 2.78. The second kappa shape index (κ2) is 6.16. The van der Waals surface area contributed by atoms with Crippen LogP contribution in [0.1, 0.15) is 37.0 Å². The molecule has 1 aromatic rings. The Morgan fingerprint density at radius 1 is 1.37 bits per heavy atom. The summed E-state index contributed by atoms with van der Waals surface area (Å²) in [6.45, 7) is 3.44. The largest absolute Gasteiger partial charge is 0.481 e. The average Bonchev–Trinajstić information content (AvgIpc) is 2.29. The maximum absolute atomic E-state index is 12.0. The summed E-state index contributed by atoms with van der Waals surface area (Å²) in [4.78, 5) is 22.5. The Hall–Kier alpha value is -1.40. The summed E-state index contributed by atoms with van der Waals surface area (Å²) >= 11 is 11.4. The molecular weight excluding hydrogens is 293 g/mol. The first kappa shape index (κ1) is 15.7. The second-order valence-corrected chi connectivity index (χ2v) is 5.35. The summed E-state index contributed by atoms with van der Waals surface area (Å²) in [5.41, 5.74) is -0.584. The summed E-state index contributed by atoms with van der Waals surface area (Å²) in [6.07, 6.45) is 0.244. The van der Waals surface area contributed by atoms with E-state index in [2.05, 4.69) is 15.5 Å². The zero-order valence-electron chi connectivity index (χ0n) is 10.4. The SMILES string of the molecule is CC(C)(CCC(=O)O)NC(=O)c1cc(Cl)nnc1Cl. The average molecular weight is 306 g/mol. The first-order chi connectivity index (χ1) is 8.71. The number of hydrogen-bond acceptors (Lipinski definition) is 4. The standard InChI is InChI=1S/C11H13Cl2N3O3/c1-11(2,4-3-8(17)18)14-10(19)6-5-7(12)15-16-9(6)13/h5H,3-4H2,1-2H3,(H,14,19)(H,17,18). The van der Waals surface area contributed by atoms with Gasteiger partial charge in [-0.25, -0.2) is 0 Å². The summed E-state index contributed by atoms with van der Waals surface area (Å²) in [7, 11) is 0. The van der Waals surface area contributed by atoms with Crippen molar-refractivity contribution >= 4 is 35.1 Å². The van der Waals surface area contributed by atoms with Gasteiger partial charge in [0.25, 0.3) is 5.91 Å². The van der Waals surface area contributed by atoms with Crippen LogP contribution in [0.15, 0.2) is 6.07 Å². The molecule has 0 spiro atoms. The number of carboxylic acid groups (broad SMARTS) is 1. The molecule has 6 nitrogen and oxygen atoms in total. The molecule has 0 atom stereocenters. The lowest BCUT2D eigenvalue weighted by Crippen LogP contribution is -2.43. The van der Waals surface area contributed by atoms with Gasteiger partial charge >= 0.3 is 5.97 Å². The van der Waals surface area contributed by atoms with Crippen LogP contribution in [0.25, 0.3) is 0 Å². The minimum atomic E-state index is -0.922. The van der Waals surface area contributed by atoms with E-state index in [1.54, 1.807) is 13.8 Å². The molecule has 0 saturated heterocycles. The molecule has 0 saturated carbocycles. The highest BCUT2D eigenvalue weighted by Gasteiger charge is 2.24. The van der Waals surface area contributed by atoms with E-state index in [4.69, 9.17) is 28.3 Å². The van der Waals surface area contributed by atoms with Gasteiger partial charge in [-0.15, -0.1) is 10.2 Å². The van der Waals surface area contributed by atoms with Gasteiger partial charge in [-0.1, -0.05) is 23.2 Å². The molecule has 0 unspecified atom stereocenters. The normalized spacial score (nSPS) is 11.2. The van der Waals surface area contributed by atoms with Crippen LogP contribution in [0.4, 0.5) is 0 Å². The molecule has 0 aliphatic heterocycles. The lowest BCUT2D eigenvalue weighted by atomic mass is 9.98. The lowest BCUT2D eigenvalue weighted by molar-refractivity contribution is -0.137. The van der Waals surface area contributed by atoms with Crippen molar-refractivity contribution in [2.75, 3.05) is 0 Å². The fourth-order valence-electron chi connectivity index (χ4n) is 1.37. The minimum Gasteiger partial charge on any atom is -0.481 e. The number of rotatable bonds is 5. The minimum absolute atomic E-state index is 0.0453. The molecule has 0 fully saturated rings. The van der Waals surface area contributed by atoms with Crippen LogP contribution in [0.5, 0.6) is 0 Å². The molecule has 1 heterocycles. The van der Waals surface area contributed by atoms with Crippen LogP contribution in [-0.2, 0) is 4.79 Å². The van der Waals surface area contributed by atoms with Crippen LogP contribution in [-0.4, -0.2) is 32.7 Å². The van der Waals surface area contributed by atoms with E-state index in [0.717, 1.165) is 0 Å². The van der Waals surface area contributed by atoms with Crippen molar-refractivity contribution in [1.82, 2.24) is 15.5 Å². The van der Waals surface area contributed by atoms with Crippen molar-refractivity contribution in [1.29, 1.82) is 0 Å². The first-order valence-electron chi connectivity index (χ1n) is 5.44. The number of amides is 1. The van der Waals surface area contributed by atoms with Crippen LogP contribution in [0, 0.1) is 0 Å². The third-order valence-electron chi connectivity index (χ3n) is 2.38. The smallest absolute Gasteiger partial charge is 0.303 e. The molecule has 2 N–H and O–H groups in total. The number of nitrogens with one attached hydrogen (secondary N) is 1. The number of nitrogens with zero attached hydrogens (tertiary/aromatic N) is 2. The second-order valence-electron chi connectivity index (χ2n) is 4.60. The van der Waals surface area contributed by atoms with E-state index in [1.807, 2.05) is 0 Å². The fraction of sp³-hybridized carbons (Fsp3) is 0.455. The zero-order valence-corrected chi connectivity index (χ0v) is 11.9. The van der Waals surface area contributed by atoms with Crippen molar-refractivity contribution in [3.8, 4) is 0 Å². The molecule has 19 heavy (non-hydrogen) atoms. The Morgan fingerprint density at radius 3 is 2.58 bits per heavy atom. The highest BCUT2D eigenvalue weighted by atomic mass is 35.5. The number of aliphatic carboxylic acids is 1. The van der Waals surface area contributed by atoms with Gasteiger partial charge in [0.15, 0.2) is 10.3 Å². The number of carbonyl (C=O) groups is 2. The summed E-state index contributed by atoms with van der Waals surface area (Å²) in [5.74, 6) is -1.40. The highest BCUT2D eigenvalue weighted by Crippen LogP contribution is 2.18. The van der Waals surface area contributed by atoms with Crippen molar-refractivity contribution in [3.05, 3.63) is 21.9 Å². The molecule has 1 rings (SSSR count). The molecule has 0 bridgehead atoms. The Bertz CT molecular complexity index is 506. The van der Waals surface area contributed by atoms with E-state index in [-0.39, 0.29) is 28.7 Å². The van der Waals surface area contributed by atoms with E-state index < -0.39 is 17.4 Å². The van der Waals surface area contributed by atoms with Gasteiger partial charge in [-0.2, -0.15) is 0 Å². The predicted octanol–water partition coefficient (Wildman–Crippen LogP) is 2.16. The van der Waals surface area contributed by atoms with Crippen LogP contribution in [0.3, 0.4) is 0 Å². The Labute approximate surface area is 120 Å². The molecule has 104 valence electrons. The number of hydrogen-bond donors (Lipinski definition) is 2. The van der Waals surface area contributed by atoms with E-state index in [9.17, 15) is 9.59 Å². The van der Waals surface area contributed by atoms with Crippen molar-refractivity contribution in [2.24, 2.45) is 0 Å². The number of halogens is 2. The third-order valence-corrected chi connectivity index (χ3v) is 2.84. The molecule has 0 aliphatic rings. The maximum Gasteiger partial charge on any atom is 0.303 e. The Kier molecular flexibility index (Phi) is 5.08. The van der Waals surface area contributed by atoms with Crippen molar-refractivity contribution < 1.29 is 14.7 Å². The number of aromatic nitrogens is 2. The van der Waals surface area contributed by atoms with Gasteiger partial charge in [0.2, 0.25) is 0 Å². The van der Waals surface area contributed by atoms with Crippen molar-refractivity contribution in [2.45, 2.75) is 32.2 Å². The molecule has 0 aliphatic carbocycles. The number of carbonyl (C=O) groups excluding carboxylic acids is 1. The lowest BCUT2D eigenvalue weighted by Gasteiger charge is -2.25. The van der Waals surface area contributed by atoms with Gasteiger partial charge in [0, 0.05) is 12.0 Å². The van der Waals surface area contributed by atoms with Gasteiger partial charge in [-0.3, -0.25) is 9.59 Å². The summed E-state index contributed by atoms with van der Waals surface area (Å²) < 4.78 is 0. The van der Waals surface area contributed by atoms with Gasteiger partial charge < -0.3 is 10.4 Å². The topological polar surface area (TPSA) is 92.2 Å². The van der Waals surface area contributed by atoms with E-state index >= 15 is 0 Å². The summed E-state index contributed by atoms with van der Waals surface area (Å²) in [6, 6.07) is 1.31. The number of carboxylic acids is 1. The fourth-order valence-corrected chi connectivity index (χ4v) is 1.69. The summed E-state index contributed by atoms with van der Waals surface area (Å²) in [5, 5.41) is 18.4. The third kappa shape index (κ3) is 5.00. The zero-order chi connectivity index (χ0) is 14.6. The predicted molar refractivity (Wildman–Crippen MR) is 70.5 cm³/mol. The molecule has 1 amide bonds. The molecule has 0 radical (unpaired) electrons. The van der Waals surface area contributed by atoms with Crippen molar-refractivity contribution in [3.63, 3.8) is 0 Å². The molecule has 1 aromatic heterocycles. The van der Waals surface area contributed by atoms with Gasteiger partial charge in [-0.05, 0) is 26.3 Å². The van der Waals surface area contributed by atoms with Crippen LogP contribution in [0.2, 0.25) is 10.3 Å². The van der Waals surface area contributed by atoms with Gasteiger partial charge in [0.05, 0.1) is 5.56 Å². The maximum atomic E-state index is 12.0. The van der Waals surface area contributed by atoms with Crippen LogP contribution >= 0.6 is 23.2 Å². The monoisotopic (exact) mass is 305 g/mol. The first-order valence-corrected chi connectivity index (χ1v) is 6.20. The quantitative estimate of drug-likeness (QED) is 0.869.